The number of rotatable bonds is 10. The predicted molar refractivity (Wildman–Crippen MR) is 90.0 cm³/mol. The van der Waals surface area contributed by atoms with E-state index in [1.165, 1.54) is 0 Å². The van der Waals surface area contributed by atoms with Crippen LogP contribution in [0.25, 0.3) is 0 Å². The van der Waals surface area contributed by atoms with E-state index in [0.29, 0.717) is 23.8 Å². The molecule has 1 rings (SSSR count). The van der Waals surface area contributed by atoms with Crippen molar-refractivity contribution in [2.45, 2.75) is 32.7 Å². The van der Waals surface area contributed by atoms with Gasteiger partial charge in [0.05, 0.1) is 21.3 Å². The normalized spacial score (nSPS) is 12.3. The highest BCUT2D eigenvalue weighted by atomic mass is 16.5. The Balaban J connectivity index is 3.25. The van der Waals surface area contributed by atoms with Gasteiger partial charge in [0.25, 0.3) is 0 Å². The molecule has 0 fully saturated rings. The maximum atomic E-state index is 6.07. The highest BCUT2D eigenvalue weighted by Gasteiger charge is 2.22. The topological polar surface area (TPSA) is 57.0 Å². The molecule has 0 aliphatic rings. The molecule has 0 bridgehead atoms. The Labute approximate surface area is 134 Å². The Bertz CT molecular complexity index is 421. The van der Waals surface area contributed by atoms with Crippen molar-refractivity contribution in [3.05, 3.63) is 17.7 Å². The number of methoxy groups -OCH3 is 3. The van der Waals surface area contributed by atoms with Crippen molar-refractivity contribution >= 4 is 0 Å². The first kappa shape index (κ1) is 18.6. The molecule has 1 aromatic rings. The van der Waals surface area contributed by atoms with E-state index in [0.717, 1.165) is 31.5 Å². The minimum Gasteiger partial charge on any atom is -0.493 e. The zero-order valence-electron chi connectivity index (χ0n) is 14.5. The average molecular weight is 310 g/mol. The summed E-state index contributed by atoms with van der Waals surface area (Å²) >= 11 is 0. The van der Waals surface area contributed by atoms with E-state index in [-0.39, 0.29) is 6.04 Å². The van der Waals surface area contributed by atoms with Gasteiger partial charge in [-0.15, -0.1) is 0 Å². The summed E-state index contributed by atoms with van der Waals surface area (Å²) in [5.74, 6) is 1.95. The summed E-state index contributed by atoms with van der Waals surface area (Å²) < 4.78 is 16.3. The average Bonchev–Trinajstić information content (AvgIpc) is 2.54. The third kappa shape index (κ3) is 4.27. The molecule has 0 aromatic heterocycles. The summed E-state index contributed by atoms with van der Waals surface area (Å²) in [4.78, 5) is 2.42. The molecule has 0 saturated carbocycles. The van der Waals surface area contributed by atoms with Gasteiger partial charge in [0.2, 0.25) is 5.75 Å². The Kier molecular flexibility index (Phi) is 8.06. The molecule has 0 heterocycles. The first-order chi connectivity index (χ1) is 10.7. The summed E-state index contributed by atoms with van der Waals surface area (Å²) in [7, 11) is 4.88. The highest BCUT2D eigenvalue weighted by molar-refractivity contribution is 5.54. The molecular weight excluding hydrogens is 280 g/mol. The van der Waals surface area contributed by atoms with Crippen molar-refractivity contribution in [2.24, 2.45) is 5.73 Å². The smallest absolute Gasteiger partial charge is 0.203 e. The summed E-state index contributed by atoms with van der Waals surface area (Å²) in [5.41, 5.74) is 7.16. The zero-order valence-corrected chi connectivity index (χ0v) is 14.5. The second-order valence-corrected chi connectivity index (χ2v) is 5.25. The first-order valence-corrected chi connectivity index (χ1v) is 7.90. The van der Waals surface area contributed by atoms with Gasteiger partial charge < -0.3 is 19.9 Å². The van der Waals surface area contributed by atoms with E-state index in [4.69, 9.17) is 19.9 Å². The van der Waals surface area contributed by atoms with E-state index < -0.39 is 0 Å². The predicted octanol–water partition coefficient (Wildman–Crippen LogP) is 2.83. The Morgan fingerprint density at radius 2 is 1.45 bits per heavy atom. The van der Waals surface area contributed by atoms with E-state index in [1.54, 1.807) is 21.3 Å². The lowest BCUT2D eigenvalue weighted by Gasteiger charge is -2.31. The van der Waals surface area contributed by atoms with Crippen LogP contribution in [0.15, 0.2) is 12.1 Å². The number of hydrogen-bond acceptors (Lipinski definition) is 5. The molecule has 0 spiro atoms. The second-order valence-electron chi connectivity index (χ2n) is 5.25. The van der Waals surface area contributed by atoms with Gasteiger partial charge >= 0.3 is 0 Å². The molecule has 1 unspecified atom stereocenters. The SMILES string of the molecule is CCCN(CCC)C(CN)c1cc(OC)c(OC)c(OC)c1. The number of benzene rings is 1. The lowest BCUT2D eigenvalue weighted by molar-refractivity contribution is 0.201. The lowest BCUT2D eigenvalue weighted by Crippen LogP contribution is -2.35. The number of ether oxygens (including phenoxy) is 3. The molecule has 0 aliphatic heterocycles. The van der Waals surface area contributed by atoms with Gasteiger partial charge in [0, 0.05) is 12.6 Å². The maximum Gasteiger partial charge on any atom is 0.203 e. The van der Waals surface area contributed by atoms with E-state index in [2.05, 4.69) is 18.7 Å². The maximum absolute atomic E-state index is 6.07. The molecule has 1 aromatic carbocycles. The van der Waals surface area contributed by atoms with Gasteiger partial charge in [-0.1, -0.05) is 13.8 Å². The van der Waals surface area contributed by atoms with Gasteiger partial charge in [0.1, 0.15) is 0 Å². The fourth-order valence-corrected chi connectivity index (χ4v) is 2.79. The van der Waals surface area contributed by atoms with Crippen LogP contribution in [-0.2, 0) is 0 Å². The van der Waals surface area contributed by atoms with Gasteiger partial charge in [-0.2, -0.15) is 0 Å². The lowest BCUT2D eigenvalue weighted by atomic mass is 10.0. The molecule has 0 saturated heterocycles. The Morgan fingerprint density at radius 1 is 0.955 bits per heavy atom. The minimum atomic E-state index is 0.147. The van der Waals surface area contributed by atoms with Crippen molar-refractivity contribution in [1.29, 1.82) is 0 Å². The van der Waals surface area contributed by atoms with Crippen molar-refractivity contribution in [2.75, 3.05) is 41.0 Å². The molecule has 0 amide bonds. The van der Waals surface area contributed by atoms with Gasteiger partial charge in [0.15, 0.2) is 11.5 Å². The zero-order chi connectivity index (χ0) is 16.5. The van der Waals surface area contributed by atoms with E-state index in [1.807, 2.05) is 12.1 Å². The monoisotopic (exact) mass is 310 g/mol. The van der Waals surface area contributed by atoms with Crippen molar-refractivity contribution in [1.82, 2.24) is 4.90 Å². The summed E-state index contributed by atoms with van der Waals surface area (Å²) in [6.07, 6.45) is 2.20. The molecular formula is C17H30N2O3. The van der Waals surface area contributed by atoms with Gasteiger partial charge in [-0.05, 0) is 43.6 Å². The molecule has 22 heavy (non-hydrogen) atoms. The first-order valence-electron chi connectivity index (χ1n) is 7.90. The molecule has 5 heteroatoms. The summed E-state index contributed by atoms with van der Waals surface area (Å²) in [6.45, 7) is 6.97. The molecule has 0 aliphatic carbocycles. The van der Waals surface area contributed by atoms with Crippen LogP contribution in [0.1, 0.15) is 38.3 Å². The largest absolute Gasteiger partial charge is 0.493 e. The number of nitrogens with zero attached hydrogens (tertiary/aromatic N) is 1. The van der Waals surface area contributed by atoms with E-state index in [9.17, 15) is 0 Å². The van der Waals surface area contributed by atoms with Crippen LogP contribution in [0.4, 0.5) is 0 Å². The van der Waals surface area contributed by atoms with Crippen LogP contribution in [-0.4, -0.2) is 45.9 Å². The quantitative estimate of drug-likeness (QED) is 0.720. The van der Waals surface area contributed by atoms with Crippen molar-refractivity contribution < 1.29 is 14.2 Å². The molecule has 0 radical (unpaired) electrons. The van der Waals surface area contributed by atoms with Crippen LogP contribution < -0.4 is 19.9 Å². The second kappa shape index (κ2) is 9.54. The molecule has 5 nitrogen and oxygen atoms in total. The van der Waals surface area contributed by atoms with Crippen molar-refractivity contribution in [3.63, 3.8) is 0 Å². The van der Waals surface area contributed by atoms with E-state index >= 15 is 0 Å². The summed E-state index contributed by atoms with van der Waals surface area (Å²) in [5, 5.41) is 0. The number of nitrogens with two attached hydrogens (primary N) is 1. The van der Waals surface area contributed by atoms with Gasteiger partial charge in [-0.25, -0.2) is 0 Å². The molecule has 126 valence electrons. The van der Waals surface area contributed by atoms with Crippen LogP contribution >= 0.6 is 0 Å². The van der Waals surface area contributed by atoms with Crippen molar-refractivity contribution in [3.8, 4) is 17.2 Å². The fourth-order valence-electron chi connectivity index (χ4n) is 2.79. The molecule has 2 N–H and O–H groups in total. The van der Waals surface area contributed by atoms with Crippen LogP contribution in [0.3, 0.4) is 0 Å². The van der Waals surface area contributed by atoms with Crippen LogP contribution in [0, 0.1) is 0 Å². The van der Waals surface area contributed by atoms with Crippen LogP contribution in [0.5, 0.6) is 17.2 Å². The fraction of sp³-hybridized carbons (Fsp3) is 0.647. The third-order valence-electron chi connectivity index (χ3n) is 3.76. The third-order valence-corrected chi connectivity index (χ3v) is 3.76. The standard InChI is InChI=1S/C17H30N2O3/c1-6-8-19(9-7-2)14(12-18)13-10-15(20-3)17(22-5)16(11-13)21-4/h10-11,14H,6-9,12,18H2,1-5H3. The van der Waals surface area contributed by atoms with Crippen LogP contribution in [0.2, 0.25) is 0 Å². The Hall–Kier alpha value is -1.46. The minimum absolute atomic E-state index is 0.147. The number of hydrogen-bond donors (Lipinski definition) is 1. The summed E-state index contributed by atoms with van der Waals surface area (Å²) in [6, 6.07) is 4.14. The highest BCUT2D eigenvalue weighted by Crippen LogP contribution is 2.40. The Morgan fingerprint density at radius 3 is 1.77 bits per heavy atom. The van der Waals surface area contributed by atoms with Gasteiger partial charge in [-0.3, -0.25) is 4.90 Å². The molecule has 1 atom stereocenters.